The molecule has 1 fully saturated rings. The zero-order chi connectivity index (χ0) is 14.5. The van der Waals surface area contributed by atoms with Gasteiger partial charge < -0.3 is 9.84 Å². The molecule has 0 spiro atoms. The molecular weight excluding hydrogens is 263 g/mol. The van der Waals surface area contributed by atoms with Crippen LogP contribution < -0.4 is 0 Å². The second-order valence-corrected chi connectivity index (χ2v) is 4.75. The molecule has 0 amide bonds. The number of hydrogen-bond acceptors (Lipinski definition) is 4. The van der Waals surface area contributed by atoms with Crippen molar-refractivity contribution in [1.82, 2.24) is 4.90 Å². The van der Waals surface area contributed by atoms with Gasteiger partial charge in [0.25, 0.3) is 0 Å². The van der Waals surface area contributed by atoms with E-state index in [4.69, 9.17) is 15.1 Å². The largest absolute Gasteiger partial charge is 0.481 e. The summed E-state index contributed by atoms with van der Waals surface area (Å²) in [7, 11) is 0. The monoisotopic (exact) mass is 278 g/mol. The highest BCUT2D eigenvalue weighted by atomic mass is 19.1. The van der Waals surface area contributed by atoms with Gasteiger partial charge in [-0.2, -0.15) is 5.26 Å². The molecule has 0 saturated carbocycles. The quantitative estimate of drug-likeness (QED) is 0.900. The highest BCUT2D eigenvalue weighted by Gasteiger charge is 2.22. The molecule has 1 N–H and O–H groups in total. The van der Waals surface area contributed by atoms with E-state index in [2.05, 4.69) is 0 Å². The number of nitriles is 1. The fourth-order valence-corrected chi connectivity index (χ4v) is 2.26. The number of hydrogen-bond donors (Lipinski definition) is 1. The maximum Gasteiger partial charge on any atom is 0.306 e. The Labute approximate surface area is 116 Å². The molecule has 1 aliphatic rings. The number of aliphatic carboxylic acids is 1. The Morgan fingerprint density at radius 1 is 1.60 bits per heavy atom. The third-order valence-corrected chi connectivity index (χ3v) is 3.18. The van der Waals surface area contributed by atoms with Gasteiger partial charge in [-0.25, -0.2) is 4.39 Å². The molecular formula is C14H15FN2O3. The number of carboxylic acid groups (broad SMARTS) is 1. The first-order valence-corrected chi connectivity index (χ1v) is 6.33. The van der Waals surface area contributed by atoms with E-state index in [9.17, 15) is 9.18 Å². The first-order valence-electron chi connectivity index (χ1n) is 6.33. The topological polar surface area (TPSA) is 73.6 Å². The minimum Gasteiger partial charge on any atom is -0.481 e. The molecule has 1 aliphatic heterocycles. The van der Waals surface area contributed by atoms with E-state index in [1.807, 2.05) is 11.0 Å². The van der Waals surface area contributed by atoms with Crippen molar-refractivity contribution in [3.8, 4) is 6.07 Å². The lowest BCUT2D eigenvalue weighted by molar-refractivity contribution is -0.142. The zero-order valence-corrected chi connectivity index (χ0v) is 10.9. The SMILES string of the molecule is N#Cc1cc(CN2CCOC(CC(=O)O)C2)ccc1F. The summed E-state index contributed by atoms with van der Waals surface area (Å²) < 4.78 is 18.6. The molecule has 1 aromatic rings. The van der Waals surface area contributed by atoms with Crippen LogP contribution >= 0.6 is 0 Å². The number of carboxylic acids is 1. The van der Waals surface area contributed by atoms with Crippen LogP contribution in [0.15, 0.2) is 18.2 Å². The first-order chi connectivity index (χ1) is 9.58. The lowest BCUT2D eigenvalue weighted by Gasteiger charge is -2.32. The van der Waals surface area contributed by atoms with Crippen molar-refractivity contribution >= 4 is 5.97 Å². The van der Waals surface area contributed by atoms with E-state index in [-0.39, 0.29) is 18.1 Å². The number of morpholine rings is 1. The van der Waals surface area contributed by atoms with Crippen molar-refractivity contribution < 1.29 is 19.0 Å². The minimum atomic E-state index is -0.884. The Bertz CT molecular complexity index is 542. The van der Waals surface area contributed by atoms with Crippen LogP contribution in [0.3, 0.4) is 0 Å². The van der Waals surface area contributed by atoms with Crippen molar-refractivity contribution in [2.75, 3.05) is 19.7 Å². The molecule has 1 unspecified atom stereocenters. The molecule has 1 heterocycles. The third kappa shape index (κ3) is 3.76. The van der Waals surface area contributed by atoms with Gasteiger partial charge in [0.1, 0.15) is 11.9 Å². The summed E-state index contributed by atoms with van der Waals surface area (Å²) in [5.74, 6) is -1.41. The van der Waals surface area contributed by atoms with Crippen LogP contribution in [0.4, 0.5) is 4.39 Å². The molecule has 106 valence electrons. The standard InChI is InChI=1S/C14H15FN2O3/c15-13-2-1-10(5-11(13)7-16)8-17-3-4-20-12(9-17)6-14(18)19/h1-2,5,12H,3-4,6,8-9H2,(H,18,19). The number of rotatable bonds is 4. The number of ether oxygens (including phenoxy) is 1. The van der Waals surface area contributed by atoms with Crippen molar-refractivity contribution in [3.05, 3.63) is 35.1 Å². The van der Waals surface area contributed by atoms with Crippen molar-refractivity contribution in [3.63, 3.8) is 0 Å². The molecule has 2 rings (SSSR count). The first kappa shape index (κ1) is 14.4. The predicted octanol–water partition coefficient (Wildman–Crippen LogP) is 1.37. The Morgan fingerprint density at radius 3 is 3.10 bits per heavy atom. The summed E-state index contributed by atoms with van der Waals surface area (Å²) in [6.07, 6.45) is -0.347. The van der Waals surface area contributed by atoms with Crippen LogP contribution in [0.25, 0.3) is 0 Å². The molecule has 0 radical (unpaired) electrons. The van der Waals surface area contributed by atoms with Gasteiger partial charge in [0.05, 0.1) is 24.7 Å². The van der Waals surface area contributed by atoms with Crippen molar-refractivity contribution in [2.24, 2.45) is 0 Å². The van der Waals surface area contributed by atoms with Gasteiger partial charge in [0, 0.05) is 19.6 Å². The summed E-state index contributed by atoms with van der Waals surface area (Å²) in [4.78, 5) is 12.7. The van der Waals surface area contributed by atoms with E-state index < -0.39 is 11.8 Å². The van der Waals surface area contributed by atoms with E-state index in [0.29, 0.717) is 26.2 Å². The van der Waals surface area contributed by atoms with E-state index in [1.54, 1.807) is 6.07 Å². The Morgan fingerprint density at radius 2 is 2.40 bits per heavy atom. The Hall–Kier alpha value is -1.97. The average molecular weight is 278 g/mol. The van der Waals surface area contributed by atoms with Gasteiger partial charge in [-0.1, -0.05) is 6.07 Å². The molecule has 0 aliphatic carbocycles. The minimum absolute atomic E-state index is 0.0244. The molecule has 20 heavy (non-hydrogen) atoms. The Kier molecular flexibility index (Phi) is 4.66. The smallest absolute Gasteiger partial charge is 0.306 e. The normalized spacial score (nSPS) is 19.5. The van der Waals surface area contributed by atoms with Gasteiger partial charge >= 0.3 is 5.97 Å². The van der Waals surface area contributed by atoms with Gasteiger partial charge in [0.15, 0.2) is 0 Å². The van der Waals surface area contributed by atoms with E-state index >= 15 is 0 Å². The maximum absolute atomic E-state index is 13.2. The number of nitrogens with zero attached hydrogens (tertiary/aromatic N) is 2. The van der Waals surface area contributed by atoms with Crippen molar-refractivity contribution in [1.29, 1.82) is 5.26 Å². The molecule has 1 saturated heterocycles. The van der Waals surface area contributed by atoms with Gasteiger partial charge in [-0.05, 0) is 17.7 Å². The number of benzene rings is 1. The molecule has 0 aromatic heterocycles. The third-order valence-electron chi connectivity index (χ3n) is 3.18. The van der Waals surface area contributed by atoms with Gasteiger partial charge in [-0.3, -0.25) is 9.69 Å². The lowest BCUT2D eigenvalue weighted by atomic mass is 10.1. The fourth-order valence-electron chi connectivity index (χ4n) is 2.26. The second kappa shape index (κ2) is 6.46. The summed E-state index contributed by atoms with van der Waals surface area (Å²) in [5.41, 5.74) is 0.858. The zero-order valence-electron chi connectivity index (χ0n) is 10.9. The van der Waals surface area contributed by atoms with Crippen LogP contribution in [0, 0.1) is 17.1 Å². The maximum atomic E-state index is 13.2. The molecule has 0 bridgehead atoms. The van der Waals surface area contributed by atoms with Crippen LogP contribution in [-0.2, 0) is 16.1 Å². The molecule has 1 aromatic carbocycles. The van der Waals surface area contributed by atoms with Crippen LogP contribution in [0.5, 0.6) is 0 Å². The fraction of sp³-hybridized carbons (Fsp3) is 0.429. The van der Waals surface area contributed by atoms with Crippen LogP contribution in [0.1, 0.15) is 17.5 Å². The van der Waals surface area contributed by atoms with E-state index in [0.717, 1.165) is 5.56 Å². The predicted molar refractivity (Wildman–Crippen MR) is 68.4 cm³/mol. The van der Waals surface area contributed by atoms with Crippen molar-refractivity contribution in [2.45, 2.75) is 19.1 Å². The van der Waals surface area contributed by atoms with Crippen LogP contribution in [-0.4, -0.2) is 41.8 Å². The van der Waals surface area contributed by atoms with Crippen LogP contribution in [0.2, 0.25) is 0 Å². The summed E-state index contributed by atoms with van der Waals surface area (Å²) in [6, 6.07) is 6.25. The molecule has 1 atom stereocenters. The van der Waals surface area contributed by atoms with Gasteiger partial charge in [-0.15, -0.1) is 0 Å². The summed E-state index contributed by atoms with van der Waals surface area (Å²) >= 11 is 0. The average Bonchev–Trinajstić information content (AvgIpc) is 2.40. The highest BCUT2D eigenvalue weighted by molar-refractivity contribution is 5.67. The lowest BCUT2D eigenvalue weighted by Crippen LogP contribution is -2.42. The highest BCUT2D eigenvalue weighted by Crippen LogP contribution is 2.15. The van der Waals surface area contributed by atoms with Gasteiger partial charge in [0.2, 0.25) is 0 Å². The molecule has 6 heteroatoms. The number of halogens is 1. The summed E-state index contributed by atoms with van der Waals surface area (Å²) in [5, 5.41) is 17.6. The Balaban J connectivity index is 1.99. The number of carbonyl (C=O) groups is 1. The molecule has 5 nitrogen and oxygen atoms in total. The van der Waals surface area contributed by atoms with E-state index in [1.165, 1.54) is 12.1 Å². The summed E-state index contributed by atoms with van der Waals surface area (Å²) in [6.45, 7) is 2.24. The second-order valence-electron chi connectivity index (χ2n) is 4.75.